The summed E-state index contributed by atoms with van der Waals surface area (Å²) in [5.41, 5.74) is 5.24. The highest BCUT2D eigenvalue weighted by Crippen LogP contribution is 2.37. The fourth-order valence-corrected chi connectivity index (χ4v) is 3.28. The minimum absolute atomic E-state index is 0.0167. The fraction of sp³-hybridized carbons (Fsp3) is 0.318. The second kappa shape index (κ2) is 8.19. The maximum atomic E-state index is 11.1. The van der Waals surface area contributed by atoms with Crippen molar-refractivity contribution in [3.05, 3.63) is 70.8 Å². The van der Waals surface area contributed by atoms with E-state index in [-0.39, 0.29) is 6.42 Å². The minimum Gasteiger partial charge on any atom is -0.488 e. The predicted octanol–water partition coefficient (Wildman–Crippen LogP) is 3.98. The molecule has 0 atom stereocenters. The molecule has 2 aromatic carbocycles. The third-order valence-electron chi connectivity index (χ3n) is 4.54. The summed E-state index contributed by atoms with van der Waals surface area (Å²) in [7, 11) is 4.16. The number of ether oxygens (including phenoxy) is 1. The molecule has 1 N–H and O–H groups in total. The smallest absolute Gasteiger partial charge is 0.307 e. The number of aliphatic carboxylic acids is 1. The summed E-state index contributed by atoms with van der Waals surface area (Å²) in [5.74, 6) is -0.00870. The first-order chi connectivity index (χ1) is 12.5. The number of benzene rings is 2. The van der Waals surface area contributed by atoms with Crippen molar-refractivity contribution in [2.75, 3.05) is 20.6 Å². The van der Waals surface area contributed by atoms with Crippen LogP contribution in [0.25, 0.3) is 5.57 Å². The quantitative estimate of drug-likeness (QED) is 0.800. The van der Waals surface area contributed by atoms with E-state index in [0.29, 0.717) is 6.61 Å². The molecule has 3 rings (SSSR count). The van der Waals surface area contributed by atoms with Crippen LogP contribution in [0.5, 0.6) is 5.75 Å². The van der Waals surface area contributed by atoms with Crippen LogP contribution in [0.1, 0.15) is 35.1 Å². The van der Waals surface area contributed by atoms with Crippen LogP contribution in [-0.4, -0.2) is 36.6 Å². The van der Waals surface area contributed by atoms with Crippen molar-refractivity contribution in [2.45, 2.75) is 25.9 Å². The first-order valence-electron chi connectivity index (χ1n) is 8.95. The molecule has 1 aliphatic heterocycles. The maximum Gasteiger partial charge on any atom is 0.307 e. The molecule has 136 valence electrons. The normalized spacial score (nSPS) is 14.5. The second-order valence-corrected chi connectivity index (χ2v) is 6.91. The monoisotopic (exact) mass is 351 g/mol. The van der Waals surface area contributed by atoms with Crippen LogP contribution in [0.2, 0.25) is 0 Å². The van der Waals surface area contributed by atoms with Crippen LogP contribution in [0.15, 0.2) is 48.5 Å². The second-order valence-electron chi connectivity index (χ2n) is 6.91. The molecule has 0 radical (unpaired) electrons. The van der Waals surface area contributed by atoms with Gasteiger partial charge in [0.2, 0.25) is 0 Å². The molecule has 0 unspecified atom stereocenters. The van der Waals surface area contributed by atoms with E-state index in [1.165, 1.54) is 5.56 Å². The third-order valence-corrected chi connectivity index (χ3v) is 4.54. The van der Waals surface area contributed by atoms with Gasteiger partial charge >= 0.3 is 5.97 Å². The van der Waals surface area contributed by atoms with Crippen LogP contribution in [0.3, 0.4) is 0 Å². The average molecular weight is 351 g/mol. The molecule has 0 saturated heterocycles. The van der Waals surface area contributed by atoms with Gasteiger partial charge in [-0.1, -0.05) is 36.4 Å². The first kappa shape index (κ1) is 18.2. The number of nitrogens with zero attached hydrogens (tertiary/aromatic N) is 1. The van der Waals surface area contributed by atoms with Crippen LogP contribution < -0.4 is 4.74 Å². The largest absolute Gasteiger partial charge is 0.488 e. The Kier molecular flexibility index (Phi) is 5.74. The zero-order valence-electron chi connectivity index (χ0n) is 15.4. The van der Waals surface area contributed by atoms with Gasteiger partial charge in [0.1, 0.15) is 12.4 Å². The van der Waals surface area contributed by atoms with Gasteiger partial charge in [0.15, 0.2) is 0 Å². The van der Waals surface area contributed by atoms with Crippen LogP contribution in [-0.2, 0) is 17.8 Å². The highest BCUT2D eigenvalue weighted by atomic mass is 16.5. The van der Waals surface area contributed by atoms with Gasteiger partial charge in [-0.05, 0) is 67.9 Å². The van der Waals surface area contributed by atoms with E-state index in [0.717, 1.165) is 47.4 Å². The molecule has 0 aromatic heterocycles. The van der Waals surface area contributed by atoms with Gasteiger partial charge in [-0.3, -0.25) is 4.79 Å². The van der Waals surface area contributed by atoms with Gasteiger partial charge in [0.25, 0.3) is 0 Å². The van der Waals surface area contributed by atoms with Gasteiger partial charge in [0.05, 0.1) is 6.42 Å². The van der Waals surface area contributed by atoms with E-state index >= 15 is 0 Å². The van der Waals surface area contributed by atoms with Gasteiger partial charge in [-0.2, -0.15) is 0 Å². The van der Waals surface area contributed by atoms with E-state index in [9.17, 15) is 4.79 Å². The fourth-order valence-electron chi connectivity index (χ4n) is 3.28. The summed E-state index contributed by atoms with van der Waals surface area (Å²) in [4.78, 5) is 13.3. The summed E-state index contributed by atoms with van der Waals surface area (Å²) in [6.45, 7) is 1.56. The number of rotatable bonds is 6. The molecular formula is C22H25NO3. The number of unbranched alkanes of at least 4 members (excludes halogenated alkanes) is 1. The molecule has 0 fully saturated rings. The molecule has 0 amide bonds. The predicted molar refractivity (Wildman–Crippen MR) is 103 cm³/mol. The molecule has 2 aromatic rings. The Labute approximate surface area is 154 Å². The van der Waals surface area contributed by atoms with Crippen molar-refractivity contribution in [2.24, 2.45) is 0 Å². The summed E-state index contributed by atoms with van der Waals surface area (Å²) in [5, 5.41) is 9.13. The lowest BCUT2D eigenvalue weighted by atomic mass is 9.92. The van der Waals surface area contributed by atoms with Crippen molar-refractivity contribution in [1.82, 2.24) is 4.90 Å². The first-order valence-corrected chi connectivity index (χ1v) is 8.95. The van der Waals surface area contributed by atoms with E-state index < -0.39 is 5.97 Å². The molecule has 26 heavy (non-hydrogen) atoms. The van der Waals surface area contributed by atoms with E-state index in [4.69, 9.17) is 9.84 Å². The zero-order valence-corrected chi connectivity index (χ0v) is 15.4. The van der Waals surface area contributed by atoms with E-state index in [2.05, 4.69) is 37.2 Å². The molecule has 1 aliphatic rings. The van der Waals surface area contributed by atoms with Crippen LogP contribution in [0.4, 0.5) is 0 Å². The summed E-state index contributed by atoms with van der Waals surface area (Å²) in [6.07, 6.45) is 4.32. The van der Waals surface area contributed by atoms with Crippen LogP contribution >= 0.6 is 0 Å². The standard InChI is InChI=1S/C22H25NO3/c1-23(2)12-6-5-9-19-18-8-4-3-7-17(18)15-26-21-11-10-16(13-20(19)21)14-22(24)25/h3-4,7-11,13H,5-6,12,14-15H2,1-2H3,(H,24,25). The Balaban J connectivity index is 2.01. The highest BCUT2D eigenvalue weighted by molar-refractivity contribution is 5.85. The van der Waals surface area contributed by atoms with Crippen molar-refractivity contribution in [3.8, 4) is 5.75 Å². The van der Waals surface area contributed by atoms with Crippen molar-refractivity contribution in [1.29, 1.82) is 0 Å². The Hall–Kier alpha value is -2.59. The molecular weight excluding hydrogens is 326 g/mol. The summed E-state index contributed by atoms with van der Waals surface area (Å²) >= 11 is 0. The number of hydrogen-bond acceptors (Lipinski definition) is 3. The van der Waals surface area contributed by atoms with Crippen molar-refractivity contribution < 1.29 is 14.6 Å². The van der Waals surface area contributed by atoms with E-state index in [1.54, 1.807) is 0 Å². The van der Waals surface area contributed by atoms with Gasteiger partial charge in [0, 0.05) is 5.56 Å². The number of carbonyl (C=O) groups is 1. The molecule has 0 aliphatic carbocycles. The third kappa shape index (κ3) is 4.33. The maximum absolute atomic E-state index is 11.1. The average Bonchev–Trinajstić information content (AvgIpc) is 2.75. The Morgan fingerprint density at radius 1 is 1.19 bits per heavy atom. The number of carboxylic acids is 1. The summed E-state index contributed by atoms with van der Waals surface area (Å²) in [6, 6.07) is 14.0. The number of fused-ring (bicyclic) bond motifs is 2. The lowest BCUT2D eigenvalue weighted by Gasteiger charge is -2.13. The molecule has 4 heteroatoms. The Morgan fingerprint density at radius 3 is 2.77 bits per heavy atom. The van der Waals surface area contributed by atoms with Gasteiger partial charge < -0.3 is 14.7 Å². The topological polar surface area (TPSA) is 49.8 Å². The lowest BCUT2D eigenvalue weighted by Crippen LogP contribution is -2.12. The van der Waals surface area contributed by atoms with Gasteiger partial charge in [-0.15, -0.1) is 0 Å². The Morgan fingerprint density at radius 2 is 2.00 bits per heavy atom. The summed E-state index contributed by atoms with van der Waals surface area (Å²) < 4.78 is 6.01. The highest BCUT2D eigenvalue weighted by Gasteiger charge is 2.19. The number of carboxylic acid groups (broad SMARTS) is 1. The number of allylic oxidation sites excluding steroid dienone is 1. The van der Waals surface area contributed by atoms with Crippen molar-refractivity contribution >= 4 is 11.5 Å². The molecule has 0 bridgehead atoms. The molecule has 0 spiro atoms. The SMILES string of the molecule is CN(C)CCCC=C1c2ccccc2COc2ccc(CC(=O)O)cc21. The number of hydrogen-bond donors (Lipinski definition) is 1. The van der Waals surface area contributed by atoms with Gasteiger partial charge in [-0.25, -0.2) is 0 Å². The van der Waals surface area contributed by atoms with Crippen LogP contribution in [0, 0.1) is 0 Å². The zero-order chi connectivity index (χ0) is 18.5. The Bertz CT molecular complexity index is 824. The van der Waals surface area contributed by atoms with E-state index in [1.807, 2.05) is 30.3 Å². The molecule has 1 heterocycles. The minimum atomic E-state index is -0.823. The molecule has 0 saturated carbocycles. The molecule has 4 nitrogen and oxygen atoms in total. The lowest BCUT2D eigenvalue weighted by molar-refractivity contribution is -0.136. The van der Waals surface area contributed by atoms with Crippen molar-refractivity contribution in [3.63, 3.8) is 0 Å².